The lowest BCUT2D eigenvalue weighted by molar-refractivity contribution is -0.197. The summed E-state index contributed by atoms with van der Waals surface area (Å²) in [6.45, 7) is 0. The van der Waals surface area contributed by atoms with E-state index < -0.39 is 54.3 Å². The van der Waals surface area contributed by atoms with Gasteiger partial charge in [0.15, 0.2) is 5.78 Å². The number of hydrogen-bond donors (Lipinski definition) is 2. The van der Waals surface area contributed by atoms with E-state index in [1.54, 1.807) is 12.3 Å². The van der Waals surface area contributed by atoms with Gasteiger partial charge in [0.2, 0.25) is 5.91 Å². The second-order valence-corrected chi connectivity index (χ2v) is 8.18. The molecule has 1 fully saturated rings. The van der Waals surface area contributed by atoms with E-state index in [9.17, 15) is 24.0 Å². The number of carbonyl (C=O) groups excluding carboxylic acids is 5. The van der Waals surface area contributed by atoms with E-state index in [4.69, 9.17) is 16.3 Å². The zero-order valence-electron chi connectivity index (χ0n) is 14.6. The monoisotopic (exact) mass is 426 g/mol. The highest BCUT2D eigenvalue weighted by atomic mass is 33.1. The Hall–Kier alpha value is -2.44. The van der Waals surface area contributed by atoms with E-state index in [-0.39, 0.29) is 6.42 Å². The third kappa shape index (κ3) is 6.04. The molecule has 0 bridgehead atoms. The minimum atomic E-state index is -1.39. The fourth-order valence-corrected chi connectivity index (χ4v) is 4.12. The molecule has 1 aromatic rings. The lowest BCUT2D eigenvalue weighted by Gasteiger charge is -2.15. The van der Waals surface area contributed by atoms with Crippen molar-refractivity contribution in [1.82, 2.24) is 10.0 Å². The van der Waals surface area contributed by atoms with Crippen molar-refractivity contribution >= 4 is 51.1 Å². The van der Waals surface area contributed by atoms with Crippen molar-refractivity contribution < 1.29 is 28.8 Å². The van der Waals surface area contributed by atoms with Gasteiger partial charge in [0.25, 0.3) is 11.8 Å². The summed E-state index contributed by atoms with van der Waals surface area (Å²) in [5.74, 6) is -5.20. The maximum Gasteiger partial charge on any atom is 0.334 e. The largest absolute Gasteiger partial charge is 0.370 e. The molecule has 0 aromatic carbocycles. The van der Waals surface area contributed by atoms with E-state index in [0.717, 1.165) is 5.03 Å². The van der Waals surface area contributed by atoms with Gasteiger partial charge in [-0.25, -0.2) is 9.78 Å². The summed E-state index contributed by atoms with van der Waals surface area (Å²) in [5, 5.41) is 1.07. The number of rotatable bonds is 10. The number of nitrogens with two attached hydrogens (primary N) is 2. The molecule has 1 aromatic heterocycles. The van der Waals surface area contributed by atoms with Crippen LogP contribution in [0.15, 0.2) is 29.4 Å². The topological polar surface area (TPSA) is 163 Å². The molecule has 3 amide bonds. The molecule has 2 rings (SSSR count). The molecule has 1 saturated heterocycles. The highest BCUT2D eigenvalue weighted by molar-refractivity contribution is 8.76. The minimum absolute atomic E-state index is 0.0542. The van der Waals surface area contributed by atoms with E-state index >= 15 is 0 Å². The fraction of sp³-hybridized carbons (Fsp3) is 0.375. The van der Waals surface area contributed by atoms with Crippen molar-refractivity contribution in [3.63, 3.8) is 0 Å². The van der Waals surface area contributed by atoms with Crippen LogP contribution in [-0.2, 0) is 28.8 Å². The van der Waals surface area contributed by atoms with Crippen molar-refractivity contribution in [2.45, 2.75) is 30.3 Å². The van der Waals surface area contributed by atoms with Gasteiger partial charge in [-0.2, -0.15) is 0 Å². The van der Waals surface area contributed by atoms with Gasteiger partial charge in [-0.05, 0) is 22.9 Å². The lowest BCUT2D eigenvalue weighted by atomic mass is 9.95. The highest BCUT2D eigenvalue weighted by Gasteiger charge is 2.46. The maximum absolute atomic E-state index is 12.2. The second-order valence-electron chi connectivity index (χ2n) is 5.75. The molecule has 0 saturated carbocycles. The van der Waals surface area contributed by atoms with Gasteiger partial charge < -0.3 is 16.3 Å². The van der Waals surface area contributed by atoms with E-state index in [1.807, 2.05) is 12.1 Å². The number of primary amides is 1. The van der Waals surface area contributed by atoms with E-state index in [0.29, 0.717) is 10.8 Å². The van der Waals surface area contributed by atoms with E-state index in [2.05, 4.69) is 4.98 Å². The Labute approximate surface area is 168 Å². The van der Waals surface area contributed by atoms with Crippen LogP contribution in [0.3, 0.4) is 0 Å². The van der Waals surface area contributed by atoms with Crippen molar-refractivity contribution in [3.05, 3.63) is 24.4 Å². The molecule has 150 valence electrons. The Morgan fingerprint density at radius 1 is 1.32 bits per heavy atom. The molecular weight excluding hydrogens is 408 g/mol. The van der Waals surface area contributed by atoms with Gasteiger partial charge in [-0.3, -0.25) is 19.2 Å². The summed E-state index contributed by atoms with van der Waals surface area (Å²) in [5.41, 5.74) is 10.5. The Kier molecular flexibility index (Phi) is 7.96. The minimum Gasteiger partial charge on any atom is -0.370 e. The van der Waals surface area contributed by atoms with Gasteiger partial charge in [-0.15, -0.1) is 5.06 Å². The first-order chi connectivity index (χ1) is 13.3. The number of ketones is 1. The van der Waals surface area contributed by atoms with Crippen LogP contribution in [0.5, 0.6) is 0 Å². The number of amides is 3. The molecule has 0 radical (unpaired) electrons. The normalized spacial score (nSPS) is 17.5. The van der Waals surface area contributed by atoms with Gasteiger partial charge >= 0.3 is 5.97 Å². The Morgan fingerprint density at radius 2 is 2.07 bits per heavy atom. The third-order valence-corrected chi connectivity index (χ3v) is 5.86. The molecule has 2 heterocycles. The number of hydrogen-bond acceptors (Lipinski definition) is 10. The number of aromatic nitrogens is 1. The molecule has 28 heavy (non-hydrogen) atoms. The molecule has 0 aliphatic carbocycles. The number of nitrogens with zero attached hydrogens (tertiary/aromatic N) is 2. The molecule has 2 atom stereocenters. The Morgan fingerprint density at radius 3 is 2.71 bits per heavy atom. The van der Waals surface area contributed by atoms with Crippen LogP contribution >= 0.6 is 21.6 Å². The summed E-state index contributed by atoms with van der Waals surface area (Å²) in [4.78, 5) is 67.9. The molecule has 1 aliphatic heterocycles. The molecule has 12 heteroatoms. The van der Waals surface area contributed by atoms with Crippen molar-refractivity contribution in [2.24, 2.45) is 17.4 Å². The van der Waals surface area contributed by atoms with Gasteiger partial charge in [0.05, 0.1) is 12.5 Å². The molecule has 0 spiro atoms. The fourth-order valence-electron chi connectivity index (χ4n) is 2.27. The molecule has 4 N–H and O–H groups in total. The number of pyridine rings is 1. The van der Waals surface area contributed by atoms with Crippen LogP contribution < -0.4 is 11.5 Å². The Bertz CT molecular complexity index is 776. The van der Waals surface area contributed by atoms with Crippen LogP contribution in [0.25, 0.3) is 0 Å². The number of hydroxylamine groups is 2. The average Bonchev–Trinajstić information content (AvgIpc) is 2.93. The SMILES string of the molecule is NC(=O)C[C@H](N)C(=O)C1CC(=O)N(OC(=O)CCSSc2ccccn2)C1=O. The standard InChI is InChI=1S/C16H18N4O6S2/c17-10(8-11(18)21)15(24)9-7-13(22)20(16(9)25)26-14(23)4-6-27-28-12-3-1-2-5-19-12/h1-3,5,9-10H,4,6-8,17H2,(H2,18,21)/t9?,10-/m0/s1. The summed E-state index contributed by atoms with van der Waals surface area (Å²) in [7, 11) is 2.73. The second kappa shape index (κ2) is 10.2. The summed E-state index contributed by atoms with van der Waals surface area (Å²) in [6.07, 6.45) is 0.680. The summed E-state index contributed by atoms with van der Waals surface area (Å²) in [6, 6.07) is 4.14. The Balaban J connectivity index is 1.80. The van der Waals surface area contributed by atoms with Crippen molar-refractivity contribution in [3.8, 4) is 0 Å². The number of Topliss-reactive ketones (excluding diaryl/α,β-unsaturated/α-hetero) is 1. The first-order valence-electron chi connectivity index (χ1n) is 8.15. The number of imide groups is 1. The molecule has 10 nitrogen and oxygen atoms in total. The van der Waals surface area contributed by atoms with Crippen LogP contribution in [0, 0.1) is 5.92 Å². The van der Waals surface area contributed by atoms with Gasteiger partial charge in [0, 0.05) is 24.8 Å². The summed E-state index contributed by atoms with van der Waals surface area (Å²) < 4.78 is 0. The first-order valence-corrected chi connectivity index (χ1v) is 10.5. The molecular formula is C16H18N4O6S2. The zero-order valence-corrected chi connectivity index (χ0v) is 16.2. The maximum atomic E-state index is 12.2. The van der Waals surface area contributed by atoms with Crippen molar-refractivity contribution in [2.75, 3.05) is 5.75 Å². The predicted molar refractivity (Wildman–Crippen MR) is 100 cm³/mol. The van der Waals surface area contributed by atoms with Crippen LogP contribution in [0.4, 0.5) is 0 Å². The average molecular weight is 426 g/mol. The van der Waals surface area contributed by atoms with Crippen LogP contribution in [0.1, 0.15) is 19.3 Å². The van der Waals surface area contributed by atoms with Crippen molar-refractivity contribution in [1.29, 1.82) is 0 Å². The molecule has 1 aliphatic rings. The van der Waals surface area contributed by atoms with Gasteiger partial charge in [0.1, 0.15) is 10.9 Å². The van der Waals surface area contributed by atoms with E-state index in [1.165, 1.54) is 21.6 Å². The smallest absolute Gasteiger partial charge is 0.334 e. The first kappa shape index (κ1) is 21.9. The van der Waals surface area contributed by atoms with Crippen LogP contribution in [0.2, 0.25) is 0 Å². The number of carbonyl (C=O) groups is 5. The van der Waals surface area contributed by atoms with Gasteiger partial charge in [-0.1, -0.05) is 16.9 Å². The summed E-state index contributed by atoms with van der Waals surface area (Å²) >= 11 is 0. The zero-order chi connectivity index (χ0) is 20.7. The lowest BCUT2D eigenvalue weighted by Crippen LogP contribution is -2.42. The predicted octanol–water partition coefficient (Wildman–Crippen LogP) is -0.183. The third-order valence-electron chi connectivity index (χ3n) is 3.60. The van der Waals surface area contributed by atoms with Crippen LogP contribution in [-0.4, -0.2) is 51.3 Å². The molecule has 1 unspecified atom stereocenters. The highest BCUT2D eigenvalue weighted by Crippen LogP contribution is 2.29. The quantitative estimate of drug-likeness (QED) is 0.222.